The topological polar surface area (TPSA) is 81.0 Å². The molecule has 2 aliphatic rings. The zero-order valence-corrected chi connectivity index (χ0v) is 14.3. The molecule has 0 unspecified atom stereocenters. The lowest BCUT2D eigenvalue weighted by atomic mass is 9.90. The van der Waals surface area contributed by atoms with E-state index in [0.717, 1.165) is 0 Å². The van der Waals surface area contributed by atoms with E-state index < -0.39 is 0 Å². The van der Waals surface area contributed by atoms with Crippen molar-refractivity contribution in [3.63, 3.8) is 0 Å². The van der Waals surface area contributed by atoms with E-state index in [4.69, 9.17) is 13.9 Å². The minimum Gasteiger partial charge on any atom is -0.426 e. The molecule has 0 radical (unpaired) electrons. The van der Waals surface area contributed by atoms with Gasteiger partial charge in [-0.3, -0.25) is 9.59 Å². The Bertz CT molecular complexity index is 781. The zero-order chi connectivity index (χ0) is 18.0. The number of ether oxygens (including phenoxy) is 2. The lowest BCUT2D eigenvalue weighted by Crippen LogP contribution is -2.57. The molecule has 0 aliphatic carbocycles. The molecule has 0 bridgehead atoms. The number of rotatable bonds is 3. The second kappa shape index (κ2) is 6.84. The SMILES string of the molecule is O=C1COC2(CCN(C(=O)c3ccc(Oc4ccccc4)o3)CC2)CN1. The first-order valence-corrected chi connectivity index (χ1v) is 8.66. The third kappa shape index (κ3) is 3.43. The lowest BCUT2D eigenvalue weighted by Gasteiger charge is -2.43. The number of likely N-dealkylation sites (tertiary alicyclic amines) is 1. The summed E-state index contributed by atoms with van der Waals surface area (Å²) in [5.41, 5.74) is -0.352. The smallest absolute Gasteiger partial charge is 0.290 e. The molecule has 1 spiro atoms. The van der Waals surface area contributed by atoms with Gasteiger partial charge in [-0.25, -0.2) is 0 Å². The minimum atomic E-state index is -0.352. The lowest BCUT2D eigenvalue weighted by molar-refractivity contribution is -0.149. The number of nitrogens with one attached hydrogen (secondary N) is 1. The Hall–Kier alpha value is -2.80. The van der Waals surface area contributed by atoms with Crippen molar-refractivity contribution in [2.24, 2.45) is 0 Å². The molecule has 136 valence electrons. The van der Waals surface area contributed by atoms with E-state index in [-0.39, 0.29) is 35.7 Å². The average molecular weight is 356 g/mol. The van der Waals surface area contributed by atoms with Crippen molar-refractivity contribution >= 4 is 11.8 Å². The Morgan fingerprint density at radius 3 is 2.58 bits per heavy atom. The van der Waals surface area contributed by atoms with Crippen LogP contribution < -0.4 is 10.1 Å². The molecule has 2 amide bonds. The number of morpholine rings is 1. The molecule has 4 rings (SSSR count). The van der Waals surface area contributed by atoms with Gasteiger partial charge in [0.15, 0.2) is 5.76 Å². The number of hydrogen-bond donors (Lipinski definition) is 1. The van der Waals surface area contributed by atoms with Crippen LogP contribution in [0.4, 0.5) is 0 Å². The number of benzene rings is 1. The molecule has 0 saturated carbocycles. The minimum absolute atomic E-state index is 0.0873. The Morgan fingerprint density at radius 2 is 1.88 bits per heavy atom. The normalized spacial score (nSPS) is 19.2. The third-order valence-corrected chi connectivity index (χ3v) is 4.83. The highest BCUT2D eigenvalue weighted by atomic mass is 16.6. The van der Waals surface area contributed by atoms with Crippen LogP contribution >= 0.6 is 0 Å². The average Bonchev–Trinajstić information content (AvgIpc) is 3.14. The van der Waals surface area contributed by atoms with Gasteiger partial charge < -0.3 is 24.1 Å². The second-order valence-electron chi connectivity index (χ2n) is 6.57. The van der Waals surface area contributed by atoms with Crippen LogP contribution in [0.3, 0.4) is 0 Å². The van der Waals surface area contributed by atoms with Gasteiger partial charge in [-0.1, -0.05) is 18.2 Å². The monoisotopic (exact) mass is 356 g/mol. The van der Waals surface area contributed by atoms with Gasteiger partial charge in [-0.05, 0) is 31.0 Å². The van der Waals surface area contributed by atoms with Gasteiger partial charge in [0.2, 0.25) is 5.91 Å². The quantitative estimate of drug-likeness (QED) is 0.912. The molecule has 1 aromatic carbocycles. The fraction of sp³-hybridized carbons (Fsp3) is 0.368. The van der Waals surface area contributed by atoms with Crippen molar-refractivity contribution in [3.05, 3.63) is 48.2 Å². The van der Waals surface area contributed by atoms with Crippen molar-refractivity contribution < 1.29 is 23.5 Å². The van der Waals surface area contributed by atoms with Gasteiger partial charge in [0.25, 0.3) is 11.9 Å². The number of nitrogens with zero attached hydrogens (tertiary/aromatic N) is 1. The fourth-order valence-electron chi connectivity index (χ4n) is 3.27. The third-order valence-electron chi connectivity index (χ3n) is 4.83. The van der Waals surface area contributed by atoms with Crippen LogP contribution in [0, 0.1) is 0 Å². The number of para-hydroxylation sites is 1. The predicted octanol–water partition coefficient (Wildman–Crippen LogP) is 2.19. The number of carbonyl (C=O) groups excluding carboxylic acids is 2. The zero-order valence-electron chi connectivity index (χ0n) is 14.3. The molecule has 2 aromatic rings. The van der Waals surface area contributed by atoms with Crippen LogP contribution in [0.2, 0.25) is 0 Å². The molecular weight excluding hydrogens is 336 g/mol. The Kier molecular flexibility index (Phi) is 4.38. The van der Waals surface area contributed by atoms with Crippen molar-refractivity contribution in [3.8, 4) is 11.7 Å². The van der Waals surface area contributed by atoms with Gasteiger partial charge >= 0.3 is 0 Å². The second-order valence-corrected chi connectivity index (χ2v) is 6.57. The summed E-state index contributed by atoms with van der Waals surface area (Å²) < 4.78 is 16.9. The van der Waals surface area contributed by atoms with Gasteiger partial charge in [-0.2, -0.15) is 0 Å². The first-order valence-electron chi connectivity index (χ1n) is 8.66. The Balaban J connectivity index is 1.36. The maximum absolute atomic E-state index is 12.7. The van der Waals surface area contributed by atoms with Crippen LogP contribution in [0.25, 0.3) is 0 Å². The number of furan rings is 1. The summed E-state index contributed by atoms with van der Waals surface area (Å²) in [5, 5.41) is 2.84. The molecule has 3 heterocycles. The summed E-state index contributed by atoms with van der Waals surface area (Å²) in [6, 6.07) is 12.5. The van der Waals surface area contributed by atoms with Gasteiger partial charge in [0.1, 0.15) is 12.4 Å². The highest BCUT2D eigenvalue weighted by Crippen LogP contribution is 2.29. The first-order chi connectivity index (χ1) is 12.6. The predicted molar refractivity (Wildman–Crippen MR) is 92.1 cm³/mol. The number of carbonyl (C=O) groups is 2. The molecule has 1 aromatic heterocycles. The van der Waals surface area contributed by atoms with Crippen molar-refractivity contribution in [2.75, 3.05) is 26.2 Å². The Morgan fingerprint density at radius 1 is 1.12 bits per heavy atom. The summed E-state index contributed by atoms with van der Waals surface area (Å²) in [6.45, 7) is 1.71. The molecule has 2 fully saturated rings. The van der Waals surface area contributed by atoms with Crippen molar-refractivity contribution in [1.29, 1.82) is 0 Å². The summed E-state index contributed by atoms with van der Waals surface area (Å²) in [7, 11) is 0. The van der Waals surface area contributed by atoms with E-state index in [9.17, 15) is 9.59 Å². The molecular formula is C19H20N2O5. The van der Waals surface area contributed by atoms with Crippen LogP contribution in [-0.2, 0) is 9.53 Å². The highest BCUT2D eigenvalue weighted by Gasteiger charge is 2.40. The molecule has 7 nitrogen and oxygen atoms in total. The molecule has 1 N–H and O–H groups in total. The van der Waals surface area contributed by atoms with E-state index in [1.54, 1.807) is 17.0 Å². The van der Waals surface area contributed by atoms with Crippen LogP contribution in [-0.4, -0.2) is 48.6 Å². The van der Waals surface area contributed by atoms with E-state index in [0.29, 0.717) is 38.2 Å². The first kappa shape index (κ1) is 16.7. The van der Waals surface area contributed by atoms with Crippen molar-refractivity contribution in [2.45, 2.75) is 18.4 Å². The van der Waals surface area contributed by atoms with Crippen LogP contribution in [0.15, 0.2) is 46.9 Å². The maximum Gasteiger partial charge on any atom is 0.290 e. The largest absolute Gasteiger partial charge is 0.426 e. The summed E-state index contributed by atoms with van der Waals surface area (Å²) in [6.07, 6.45) is 1.38. The molecule has 7 heteroatoms. The fourth-order valence-corrected chi connectivity index (χ4v) is 3.27. The van der Waals surface area contributed by atoms with Crippen molar-refractivity contribution in [1.82, 2.24) is 10.2 Å². The van der Waals surface area contributed by atoms with Crippen LogP contribution in [0.5, 0.6) is 11.7 Å². The van der Waals surface area contributed by atoms with Gasteiger partial charge in [0.05, 0.1) is 5.60 Å². The molecule has 2 saturated heterocycles. The van der Waals surface area contributed by atoms with Gasteiger partial charge in [-0.15, -0.1) is 0 Å². The van der Waals surface area contributed by atoms with Gasteiger partial charge in [0, 0.05) is 25.7 Å². The van der Waals surface area contributed by atoms with E-state index >= 15 is 0 Å². The van der Waals surface area contributed by atoms with Crippen LogP contribution in [0.1, 0.15) is 23.4 Å². The molecule has 26 heavy (non-hydrogen) atoms. The van der Waals surface area contributed by atoms with E-state index in [1.807, 2.05) is 30.3 Å². The van der Waals surface area contributed by atoms with E-state index in [2.05, 4.69) is 5.32 Å². The number of hydrogen-bond acceptors (Lipinski definition) is 5. The Labute approximate surface area is 150 Å². The number of piperidine rings is 1. The maximum atomic E-state index is 12.7. The number of amides is 2. The molecule has 2 aliphatic heterocycles. The summed E-state index contributed by atoms with van der Waals surface area (Å²) >= 11 is 0. The summed E-state index contributed by atoms with van der Waals surface area (Å²) in [4.78, 5) is 25.7. The molecule has 0 atom stereocenters. The standard InChI is InChI=1S/C19H20N2O5/c22-16-12-24-19(13-20-16)8-10-21(11-9-19)18(23)15-6-7-17(26-15)25-14-4-2-1-3-5-14/h1-7H,8-13H2,(H,20,22). The highest BCUT2D eigenvalue weighted by molar-refractivity contribution is 5.91. The summed E-state index contributed by atoms with van der Waals surface area (Å²) in [5.74, 6) is 0.937. The van der Waals surface area contributed by atoms with E-state index in [1.165, 1.54) is 0 Å².